The number of nitrogens with zero attached hydrogens (tertiary/aromatic N) is 1. The quantitative estimate of drug-likeness (QED) is 0.521. The van der Waals surface area contributed by atoms with Crippen molar-refractivity contribution < 1.29 is 15.2 Å². The third kappa shape index (κ3) is 5.55. The fourth-order valence-electron chi connectivity index (χ4n) is 1.14. The van der Waals surface area contributed by atoms with Gasteiger partial charge in [-0.05, 0) is 13.8 Å². The van der Waals surface area contributed by atoms with Crippen molar-refractivity contribution >= 4 is 31.3 Å². The zero-order chi connectivity index (χ0) is 13.3. The zero-order valence-electron chi connectivity index (χ0n) is 10.2. The van der Waals surface area contributed by atoms with Crippen molar-refractivity contribution in [3.63, 3.8) is 0 Å². The summed E-state index contributed by atoms with van der Waals surface area (Å²) in [6.45, 7) is 4.32. The van der Waals surface area contributed by atoms with Gasteiger partial charge in [-0.25, -0.2) is 4.99 Å². The third-order valence-electron chi connectivity index (χ3n) is 1.98. The first-order valence-corrected chi connectivity index (χ1v) is 8.37. The summed E-state index contributed by atoms with van der Waals surface area (Å²) in [6, 6.07) is 0. The van der Waals surface area contributed by atoms with Crippen LogP contribution in [0.5, 0.6) is 5.75 Å². The topological polar surface area (TPSA) is 67.3 Å². The standard InChI is InChI=1S/C10H14N2O2.CH4SSe/c1-3-11-5-9-8(6-13)4-12-7(2)10(9)14;1-2-3/h4-5,13-14H,3,6H2,1-2H3;3H,1H3. The molecule has 0 aromatic carbocycles. The number of aliphatic hydroxyl groups is 1. The van der Waals surface area contributed by atoms with E-state index >= 15 is 0 Å². The van der Waals surface area contributed by atoms with Gasteiger partial charge in [0.15, 0.2) is 6.21 Å². The first-order chi connectivity index (χ1) is 8.12. The number of aryl methyl sites for hydroxylation is 1. The summed E-state index contributed by atoms with van der Waals surface area (Å²) in [7, 11) is 1.62. The van der Waals surface area contributed by atoms with Crippen LogP contribution in [-0.4, -0.2) is 49.1 Å². The Bertz CT molecular complexity index is 373. The van der Waals surface area contributed by atoms with Crippen LogP contribution in [0.25, 0.3) is 0 Å². The van der Waals surface area contributed by atoms with Crippen LogP contribution < -0.4 is 4.99 Å². The van der Waals surface area contributed by atoms with E-state index in [0.717, 1.165) is 6.54 Å². The van der Waals surface area contributed by atoms with Crippen LogP contribution in [0, 0.1) is 6.92 Å². The molecule has 0 radical (unpaired) electrons. The molecule has 0 saturated carbocycles. The molecule has 6 heteroatoms. The van der Waals surface area contributed by atoms with Crippen molar-refractivity contribution in [3.8, 4) is 5.75 Å². The van der Waals surface area contributed by atoms with E-state index in [4.69, 9.17) is 5.11 Å². The molecule has 1 aromatic rings. The van der Waals surface area contributed by atoms with Gasteiger partial charge in [-0.2, -0.15) is 0 Å². The number of rotatable bonds is 3. The van der Waals surface area contributed by atoms with Crippen LogP contribution in [0.15, 0.2) is 6.20 Å². The number of aromatic hydroxyl groups is 1. The summed E-state index contributed by atoms with van der Waals surface area (Å²) < 4.78 is 0. The van der Waals surface area contributed by atoms with Gasteiger partial charge in [-0.15, -0.1) is 0 Å². The minimum absolute atomic E-state index is 0.123. The Labute approximate surface area is 113 Å². The molecular weight excluding hydrogens is 303 g/mol. The minimum atomic E-state index is -0.127. The molecule has 0 fully saturated rings. The second-order valence-corrected chi connectivity index (χ2v) is 5.59. The number of hydrogen-bond acceptors (Lipinski definition) is 4. The van der Waals surface area contributed by atoms with Crippen molar-refractivity contribution in [1.82, 2.24) is 4.98 Å². The van der Waals surface area contributed by atoms with Crippen molar-refractivity contribution in [2.75, 3.05) is 12.8 Å². The van der Waals surface area contributed by atoms with Gasteiger partial charge in [0.05, 0.1) is 17.9 Å². The fraction of sp³-hybridized carbons (Fsp3) is 0.455. The molecule has 0 bridgehead atoms. The molecule has 1 rings (SSSR count). The summed E-state index contributed by atoms with van der Waals surface area (Å²) in [5.41, 5.74) is 1.79. The Morgan fingerprint density at radius 2 is 2.18 bits per heavy atom. The molecule has 0 unspecified atom stereocenters. The average molecular weight is 321 g/mol. The predicted molar refractivity (Wildman–Crippen MR) is 72.5 cm³/mol. The maximum atomic E-state index is 9.69. The van der Waals surface area contributed by atoms with Crippen LogP contribution in [-0.2, 0) is 6.61 Å². The average Bonchev–Trinajstić information content (AvgIpc) is 2.32. The van der Waals surface area contributed by atoms with Gasteiger partial charge in [0.2, 0.25) is 0 Å². The Hall–Kier alpha value is -0.551. The van der Waals surface area contributed by atoms with Gasteiger partial charge in [-0.1, -0.05) is 0 Å². The van der Waals surface area contributed by atoms with E-state index in [0.29, 0.717) is 16.8 Å². The summed E-state index contributed by atoms with van der Waals surface area (Å²) in [4.78, 5) is 6.94. The van der Waals surface area contributed by atoms with Gasteiger partial charge >= 0.3 is 31.3 Å². The molecule has 1 aromatic heterocycles. The molecule has 0 amide bonds. The molecule has 96 valence electrons. The van der Waals surface area contributed by atoms with E-state index < -0.39 is 0 Å². The molecule has 3 N–H and O–H groups in total. The van der Waals surface area contributed by atoms with E-state index in [1.54, 1.807) is 29.5 Å². The monoisotopic (exact) mass is 322 g/mol. The van der Waals surface area contributed by atoms with Crippen molar-refractivity contribution in [2.45, 2.75) is 20.5 Å². The summed E-state index contributed by atoms with van der Waals surface area (Å²) in [6.07, 6.45) is 5.24. The molecule has 0 saturated heterocycles. The molecule has 0 aliphatic carbocycles. The van der Waals surface area contributed by atoms with Gasteiger partial charge in [0.25, 0.3) is 0 Å². The first kappa shape index (κ1) is 16.4. The van der Waals surface area contributed by atoms with Gasteiger partial charge in [0, 0.05) is 11.8 Å². The number of aliphatic hydroxyl groups excluding tert-OH is 1. The molecule has 0 aliphatic heterocycles. The van der Waals surface area contributed by atoms with Gasteiger partial charge < -0.3 is 10.2 Å². The summed E-state index contributed by atoms with van der Waals surface area (Å²) in [5, 5.41) is 18.7. The molecule has 0 aliphatic rings. The van der Waals surface area contributed by atoms with E-state index in [-0.39, 0.29) is 12.4 Å². The molecule has 0 atom stereocenters. The van der Waals surface area contributed by atoms with E-state index in [1.165, 1.54) is 0 Å². The second-order valence-electron chi connectivity index (χ2n) is 3.16. The van der Waals surface area contributed by atoms with Crippen molar-refractivity contribution in [3.05, 3.63) is 23.0 Å². The predicted octanol–water partition coefficient (Wildman–Crippen LogP) is -0.460. The molecule has 17 heavy (non-hydrogen) atoms. The first-order valence-electron chi connectivity index (χ1n) is 5.13. The number of nitrogens with one attached hydrogen (secondary N) is 1. The van der Waals surface area contributed by atoms with Crippen LogP contribution in [0.1, 0.15) is 23.7 Å². The number of aromatic nitrogens is 1. The zero-order valence-corrected chi connectivity index (χ0v) is 12.8. The van der Waals surface area contributed by atoms with E-state index in [2.05, 4.69) is 24.9 Å². The van der Waals surface area contributed by atoms with Crippen LogP contribution >= 0.6 is 10.2 Å². The molecule has 0 spiro atoms. The summed E-state index contributed by atoms with van der Waals surface area (Å²) >= 11 is 2.72. The number of hydrogen-bond donors (Lipinski definition) is 3. The Morgan fingerprint density at radius 3 is 2.65 bits per heavy atom. The SMILES string of the molecule is CC[NH+]=Cc1c(CO)cnc(C)c1O.CS[Se-]. The van der Waals surface area contributed by atoms with Crippen LogP contribution in [0.2, 0.25) is 0 Å². The Balaban J connectivity index is 0.000000770. The number of pyridine rings is 1. The second kappa shape index (κ2) is 9.48. The molecular formula is C11H18N2O2SSe. The summed E-state index contributed by atoms with van der Waals surface area (Å²) in [5.74, 6) is 0.123. The normalized spacial score (nSPS) is 10.2. The van der Waals surface area contributed by atoms with Crippen LogP contribution in [0.4, 0.5) is 0 Å². The van der Waals surface area contributed by atoms with Crippen LogP contribution in [0.3, 0.4) is 0 Å². The fourth-order valence-corrected chi connectivity index (χ4v) is 1.14. The van der Waals surface area contributed by atoms with Crippen molar-refractivity contribution in [1.29, 1.82) is 0 Å². The Kier molecular flexibility index (Phi) is 9.17. The maximum absolute atomic E-state index is 9.69. The third-order valence-corrected chi connectivity index (χ3v) is 1.98. The molecule has 1 heterocycles. The van der Waals surface area contributed by atoms with E-state index in [9.17, 15) is 5.11 Å². The van der Waals surface area contributed by atoms with Crippen molar-refractivity contribution in [2.24, 2.45) is 0 Å². The Morgan fingerprint density at radius 1 is 1.59 bits per heavy atom. The van der Waals surface area contributed by atoms with Gasteiger partial charge in [-0.3, -0.25) is 4.98 Å². The van der Waals surface area contributed by atoms with Gasteiger partial charge in [0.1, 0.15) is 12.3 Å². The molecule has 4 nitrogen and oxygen atoms in total. The van der Waals surface area contributed by atoms with E-state index in [1.807, 2.05) is 13.2 Å².